The molecule has 1 N–H and O–H groups in total. The van der Waals surface area contributed by atoms with Crippen molar-refractivity contribution in [2.75, 3.05) is 63.0 Å². The van der Waals surface area contributed by atoms with E-state index in [1.165, 1.54) is 6.33 Å². The maximum atomic E-state index is 12.6. The van der Waals surface area contributed by atoms with Crippen LogP contribution in [0.25, 0.3) is 0 Å². The summed E-state index contributed by atoms with van der Waals surface area (Å²) in [5.74, 6) is 1.78. The van der Waals surface area contributed by atoms with Crippen LogP contribution in [-0.2, 0) is 4.74 Å². The van der Waals surface area contributed by atoms with Crippen LogP contribution < -0.4 is 15.1 Å². The van der Waals surface area contributed by atoms with E-state index in [0.717, 1.165) is 11.5 Å². The second kappa shape index (κ2) is 8.12. The lowest BCUT2D eigenvalue weighted by molar-refractivity contribution is -0.0157. The smallest absolute Gasteiger partial charge is 0.323 e. The molecule has 2 amide bonds. The van der Waals surface area contributed by atoms with Gasteiger partial charge in [0.05, 0.1) is 18.8 Å². The topological polar surface area (TPSA) is 99.6 Å². The minimum absolute atomic E-state index is 0.228. The first-order chi connectivity index (χ1) is 12.9. The molecule has 2 aromatic heterocycles. The second-order valence-electron chi connectivity index (χ2n) is 6.57. The highest BCUT2D eigenvalue weighted by Crippen LogP contribution is 2.22. The van der Waals surface area contributed by atoms with Crippen LogP contribution in [0.4, 0.5) is 22.4 Å². The van der Waals surface area contributed by atoms with Crippen molar-refractivity contribution in [2.45, 2.75) is 6.10 Å². The number of urea groups is 1. The van der Waals surface area contributed by atoms with Gasteiger partial charge in [-0.05, 0) is 6.07 Å². The number of aromatic nitrogens is 4. The summed E-state index contributed by atoms with van der Waals surface area (Å²) < 4.78 is 5.82. The van der Waals surface area contributed by atoms with Gasteiger partial charge in [0.2, 0.25) is 5.95 Å². The van der Waals surface area contributed by atoms with E-state index in [4.69, 9.17) is 4.74 Å². The van der Waals surface area contributed by atoms with Crippen molar-refractivity contribution in [1.82, 2.24) is 24.8 Å². The van der Waals surface area contributed by atoms with Gasteiger partial charge in [-0.25, -0.2) is 24.7 Å². The van der Waals surface area contributed by atoms with E-state index in [1.54, 1.807) is 17.2 Å². The molecular weight excluding hydrogens is 348 g/mol. The number of morpholine rings is 1. The highest BCUT2D eigenvalue weighted by molar-refractivity contribution is 5.88. The normalized spacial score (nSPS) is 16.7. The first kappa shape index (κ1) is 18.8. The maximum absolute atomic E-state index is 12.6. The van der Waals surface area contributed by atoms with Crippen molar-refractivity contribution in [3.05, 3.63) is 30.4 Å². The summed E-state index contributed by atoms with van der Waals surface area (Å²) in [5.41, 5.74) is 0.753. The second-order valence-corrected chi connectivity index (χ2v) is 6.57. The van der Waals surface area contributed by atoms with Crippen molar-refractivity contribution in [3.63, 3.8) is 0 Å². The molecule has 0 aromatic carbocycles. The minimum Gasteiger partial charge on any atom is -0.368 e. The standard InChI is InChI=1S/C17H24N8O2/c1-23(2)15-9-14(19-11-20-15)22-17(26)25-7-8-27-13(10-25)12-5-6-18-16(21-12)24(3)4/h5-6,9,11,13H,7-8,10H2,1-4H3,(H,19,20,22,26). The van der Waals surface area contributed by atoms with Crippen LogP contribution in [-0.4, -0.2) is 78.8 Å². The van der Waals surface area contributed by atoms with Crippen molar-refractivity contribution in [3.8, 4) is 0 Å². The lowest BCUT2D eigenvalue weighted by atomic mass is 10.2. The van der Waals surface area contributed by atoms with Crippen molar-refractivity contribution >= 4 is 23.6 Å². The van der Waals surface area contributed by atoms with Gasteiger partial charge in [0.15, 0.2) is 0 Å². The lowest BCUT2D eigenvalue weighted by Crippen LogP contribution is -2.44. The van der Waals surface area contributed by atoms with Gasteiger partial charge < -0.3 is 19.4 Å². The number of ether oxygens (including phenoxy) is 1. The lowest BCUT2D eigenvalue weighted by Gasteiger charge is -2.32. The van der Waals surface area contributed by atoms with Gasteiger partial charge in [0.25, 0.3) is 0 Å². The fourth-order valence-electron chi connectivity index (χ4n) is 2.62. The van der Waals surface area contributed by atoms with Crippen molar-refractivity contribution in [2.24, 2.45) is 0 Å². The molecule has 10 nitrogen and oxygen atoms in total. The molecule has 0 saturated carbocycles. The largest absolute Gasteiger partial charge is 0.368 e. The Balaban J connectivity index is 1.68. The summed E-state index contributed by atoms with van der Waals surface area (Å²) in [7, 11) is 7.52. The summed E-state index contributed by atoms with van der Waals surface area (Å²) in [6, 6.07) is 3.31. The summed E-state index contributed by atoms with van der Waals surface area (Å²) >= 11 is 0. The van der Waals surface area contributed by atoms with Gasteiger partial charge >= 0.3 is 6.03 Å². The van der Waals surface area contributed by atoms with E-state index in [0.29, 0.717) is 31.5 Å². The number of hydrogen-bond acceptors (Lipinski definition) is 8. The SMILES string of the molecule is CN(C)c1cc(NC(=O)N2CCOC(c3ccnc(N(C)C)n3)C2)ncn1. The predicted octanol–water partition coefficient (Wildman–Crippen LogP) is 1.00. The first-order valence-electron chi connectivity index (χ1n) is 8.61. The monoisotopic (exact) mass is 372 g/mol. The number of carbonyl (C=O) groups excluding carboxylic acids is 1. The molecule has 1 saturated heterocycles. The highest BCUT2D eigenvalue weighted by atomic mass is 16.5. The Bertz CT molecular complexity index is 798. The van der Waals surface area contributed by atoms with Crippen LogP contribution in [0.2, 0.25) is 0 Å². The number of hydrogen-bond donors (Lipinski definition) is 1. The minimum atomic E-state index is -0.297. The van der Waals surface area contributed by atoms with E-state index in [1.807, 2.05) is 44.1 Å². The number of nitrogens with zero attached hydrogens (tertiary/aromatic N) is 7. The average molecular weight is 372 g/mol. The molecule has 0 spiro atoms. The zero-order valence-electron chi connectivity index (χ0n) is 16.0. The number of nitrogens with one attached hydrogen (secondary N) is 1. The summed E-state index contributed by atoms with van der Waals surface area (Å²) in [6.45, 7) is 1.34. The summed E-state index contributed by atoms with van der Waals surface area (Å²) in [5, 5.41) is 2.82. The molecule has 144 valence electrons. The summed E-state index contributed by atoms with van der Waals surface area (Å²) in [4.78, 5) is 35.0. The third-order valence-corrected chi connectivity index (χ3v) is 4.09. The Kier molecular flexibility index (Phi) is 5.65. The Morgan fingerprint density at radius 2 is 2.04 bits per heavy atom. The predicted molar refractivity (Wildman–Crippen MR) is 102 cm³/mol. The van der Waals surface area contributed by atoms with Gasteiger partial charge in [-0.15, -0.1) is 0 Å². The van der Waals surface area contributed by atoms with Crippen LogP contribution in [0.15, 0.2) is 24.7 Å². The molecule has 3 rings (SSSR count). The maximum Gasteiger partial charge on any atom is 0.323 e. The third kappa shape index (κ3) is 4.59. The molecule has 10 heteroatoms. The van der Waals surface area contributed by atoms with Gasteiger partial charge in [0, 0.05) is 47.0 Å². The van der Waals surface area contributed by atoms with Gasteiger partial charge in [-0.1, -0.05) is 0 Å². The molecule has 27 heavy (non-hydrogen) atoms. The van der Waals surface area contributed by atoms with E-state index in [2.05, 4.69) is 25.3 Å². The summed E-state index contributed by atoms with van der Waals surface area (Å²) in [6.07, 6.45) is 2.83. The van der Waals surface area contributed by atoms with Crippen LogP contribution in [0.1, 0.15) is 11.8 Å². The molecule has 1 atom stereocenters. The molecule has 0 radical (unpaired) electrons. The van der Waals surface area contributed by atoms with Crippen LogP contribution in [0, 0.1) is 0 Å². The fourth-order valence-corrected chi connectivity index (χ4v) is 2.62. The van der Waals surface area contributed by atoms with Crippen molar-refractivity contribution < 1.29 is 9.53 Å². The Hall–Kier alpha value is -3.01. The molecule has 0 aliphatic carbocycles. The van der Waals surface area contributed by atoms with E-state index in [9.17, 15) is 4.79 Å². The number of anilines is 3. The molecule has 3 heterocycles. The van der Waals surface area contributed by atoms with Gasteiger partial charge in [-0.3, -0.25) is 5.32 Å². The van der Waals surface area contributed by atoms with E-state index in [-0.39, 0.29) is 12.1 Å². The van der Waals surface area contributed by atoms with Crippen molar-refractivity contribution in [1.29, 1.82) is 0 Å². The molecule has 1 aliphatic rings. The quantitative estimate of drug-likeness (QED) is 0.849. The van der Waals surface area contributed by atoms with Crippen LogP contribution in [0.5, 0.6) is 0 Å². The van der Waals surface area contributed by atoms with E-state index < -0.39 is 0 Å². The van der Waals surface area contributed by atoms with Crippen LogP contribution >= 0.6 is 0 Å². The zero-order chi connectivity index (χ0) is 19.4. The Labute approximate surface area is 158 Å². The van der Waals surface area contributed by atoms with Crippen LogP contribution in [0.3, 0.4) is 0 Å². The molecule has 1 aliphatic heterocycles. The fraction of sp³-hybridized carbons (Fsp3) is 0.471. The molecular formula is C17H24N8O2. The zero-order valence-corrected chi connectivity index (χ0v) is 16.0. The van der Waals surface area contributed by atoms with Gasteiger partial charge in [0.1, 0.15) is 24.1 Å². The highest BCUT2D eigenvalue weighted by Gasteiger charge is 2.27. The molecule has 1 fully saturated rings. The molecule has 1 unspecified atom stereocenters. The number of carbonyl (C=O) groups is 1. The molecule has 0 bridgehead atoms. The number of rotatable bonds is 4. The Morgan fingerprint density at radius 3 is 2.78 bits per heavy atom. The first-order valence-corrected chi connectivity index (χ1v) is 8.61. The molecule has 2 aromatic rings. The average Bonchev–Trinajstić information content (AvgIpc) is 2.68. The number of amides is 2. The van der Waals surface area contributed by atoms with E-state index >= 15 is 0 Å². The Morgan fingerprint density at radius 1 is 1.22 bits per heavy atom. The third-order valence-electron chi connectivity index (χ3n) is 4.09. The van der Waals surface area contributed by atoms with Gasteiger partial charge in [-0.2, -0.15) is 0 Å².